The molecule has 25 heavy (non-hydrogen) atoms. The van der Waals surface area contributed by atoms with E-state index in [1.54, 1.807) is 0 Å². The highest BCUT2D eigenvalue weighted by Gasteiger charge is 2.31. The third-order valence-corrected chi connectivity index (χ3v) is 4.29. The summed E-state index contributed by atoms with van der Waals surface area (Å²) in [4.78, 5) is 23.9. The first-order valence-electron chi connectivity index (χ1n) is 8.09. The molecule has 1 aromatic carbocycles. The first-order chi connectivity index (χ1) is 11.9. The van der Waals surface area contributed by atoms with Gasteiger partial charge in [-0.2, -0.15) is 8.78 Å². The zero-order valence-electron chi connectivity index (χ0n) is 13.8. The maximum Gasteiger partial charge on any atom is 0.387 e. The molecule has 1 aromatic rings. The molecular formula is C17H21F2NO5. The van der Waals surface area contributed by atoms with Crippen molar-refractivity contribution in [3.63, 3.8) is 0 Å². The standard InChI is InChI=1S/C17H21F2NO5/c1-24-14-9-10(7-8-13(14)25-17(18)19)15(21)20-12-6-4-2-3-5-11(12)16(22)23/h7-9,11-12,17H,2-6H2,1H3,(H,20,21)(H,22,23)/t11-,12+/m1/s1. The quantitative estimate of drug-likeness (QED) is 0.765. The molecule has 0 aromatic heterocycles. The largest absolute Gasteiger partial charge is 0.493 e. The number of rotatable bonds is 6. The Hall–Kier alpha value is -2.38. The molecule has 2 rings (SSSR count). The maximum atomic E-state index is 12.4. The lowest BCUT2D eigenvalue weighted by molar-refractivity contribution is -0.142. The molecule has 0 bridgehead atoms. The molecule has 0 radical (unpaired) electrons. The lowest BCUT2D eigenvalue weighted by atomic mass is 9.94. The van der Waals surface area contributed by atoms with Gasteiger partial charge in [-0.05, 0) is 31.0 Å². The topological polar surface area (TPSA) is 84.9 Å². The third kappa shape index (κ3) is 5.04. The van der Waals surface area contributed by atoms with E-state index in [1.807, 2.05) is 0 Å². The van der Waals surface area contributed by atoms with Gasteiger partial charge in [0.2, 0.25) is 0 Å². The van der Waals surface area contributed by atoms with Crippen molar-refractivity contribution in [3.8, 4) is 11.5 Å². The molecule has 138 valence electrons. The summed E-state index contributed by atoms with van der Waals surface area (Å²) < 4.78 is 34.0. The number of carboxylic acid groups (broad SMARTS) is 1. The minimum Gasteiger partial charge on any atom is -0.493 e. The maximum absolute atomic E-state index is 12.4. The Morgan fingerprint density at radius 1 is 1.20 bits per heavy atom. The van der Waals surface area contributed by atoms with Crippen LogP contribution in [-0.2, 0) is 4.79 Å². The van der Waals surface area contributed by atoms with E-state index in [1.165, 1.54) is 25.3 Å². The van der Waals surface area contributed by atoms with Crippen LogP contribution in [0.3, 0.4) is 0 Å². The number of nitrogens with one attached hydrogen (secondary N) is 1. The molecule has 0 saturated heterocycles. The Morgan fingerprint density at radius 2 is 1.92 bits per heavy atom. The Kier molecular flexibility index (Phi) is 6.55. The van der Waals surface area contributed by atoms with E-state index in [-0.39, 0.29) is 17.1 Å². The SMILES string of the molecule is COc1cc(C(=O)N[C@H]2CCCCC[C@H]2C(=O)O)ccc1OC(F)F. The first-order valence-corrected chi connectivity index (χ1v) is 8.09. The second kappa shape index (κ2) is 8.64. The molecule has 2 N–H and O–H groups in total. The molecule has 1 fully saturated rings. The molecule has 0 spiro atoms. The summed E-state index contributed by atoms with van der Waals surface area (Å²) in [6.45, 7) is -3.00. The van der Waals surface area contributed by atoms with Gasteiger partial charge in [0.05, 0.1) is 13.0 Å². The molecule has 1 aliphatic carbocycles. The number of amides is 1. The van der Waals surface area contributed by atoms with E-state index < -0.39 is 30.4 Å². The van der Waals surface area contributed by atoms with Crippen LogP contribution in [0.4, 0.5) is 8.78 Å². The summed E-state index contributed by atoms with van der Waals surface area (Å²) in [5.74, 6) is -2.20. The third-order valence-electron chi connectivity index (χ3n) is 4.29. The molecule has 1 saturated carbocycles. The Balaban J connectivity index is 2.14. The fourth-order valence-corrected chi connectivity index (χ4v) is 3.03. The van der Waals surface area contributed by atoms with E-state index in [0.717, 1.165) is 19.3 Å². The highest BCUT2D eigenvalue weighted by atomic mass is 19.3. The second-order valence-electron chi connectivity index (χ2n) is 5.91. The molecular weight excluding hydrogens is 336 g/mol. The van der Waals surface area contributed by atoms with Gasteiger partial charge in [0, 0.05) is 11.6 Å². The van der Waals surface area contributed by atoms with Crippen molar-refractivity contribution in [1.82, 2.24) is 5.32 Å². The number of carboxylic acids is 1. The van der Waals surface area contributed by atoms with Gasteiger partial charge in [-0.1, -0.05) is 19.3 Å². The van der Waals surface area contributed by atoms with Gasteiger partial charge < -0.3 is 19.9 Å². The van der Waals surface area contributed by atoms with Crippen LogP contribution in [0.2, 0.25) is 0 Å². The lowest BCUT2D eigenvalue weighted by Gasteiger charge is -2.23. The van der Waals surface area contributed by atoms with Gasteiger partial charge in [-0.3, -0.25) is 9.59 Å². The summed E-state index contributed by atoms with van der Waals surface area (Å²) in [5, 5.41) is 12.1. The Labute approximate surface area is 144 Å². The summed E-state index contributed by atoms with van der Waals surface area (Å²) in [6, 6.07) is 3.39. The predicted molar refractivity (Wildman–Crippen MR) is 85.1 cm³/mol. The highest BCUT2D eigenvalue weighted by Crippen LogP contribution is 2.30. The first kappa shape index (κ1) is 19.0. The van der Waals surface area contributed by atoms with Crippen LogP contribution < -0.4 is 14.8 Å². The zero-order chi connectivity index (χ0) is 18.4. The zero-order valence-corrected chi connectivity index (χ0v) is 13.8. The van der Waals surface area contributed by atoms with Crippen molar-refractivity contribution in [2.75, 3.05) is 7.11 Å². The van der Waals surface area contributed by atoms with Crippen LogP contribution in [-0.4, -0.2) is 36.7 Å². The summed E-state index contributed by atoms with van der Waals surface area (Å²) >= 11 is 0. The number of alkyl halides is 2. The van der Waals surface area contributed by atoms with Gasteiger partial charge in [0.1, 0.15) is 0 Å². The monoisotopic (exact) mass is 357 g/mol. The number of carbonyl (C=O) groups is 2. The smallest absolute Gasteiger partial charge is 0.387 e. The summed E-state index contributed by atoms with van der Waals surface area (Å²) in [7, 11) is 1.28. The van der Waals surface area contributed by atoms with Crippen LogP contribution >= 0.6 is 0 Å². The Bertz CT molecular complexity index is 623. The minimum atomic E-state index is -3.00. The van der Waals surface area contributed by atoms with Crippen LogP contribution in [0.15, 0.2) is 18.2 Å². The summed E-state index contributed by atoms with van der Waals surface area (Å²) in [6.07, 6.45) is 3.71. The number of hydrogen-bond acceptors (Lipinski definition) is 4. The van der Waals surface area contributed by atoms with Crippen molar-refractivity contribution in [3.05, 3.63) is 23.8 Å². The van der Waals surface area contributed by atoms with Crippen molar-refractivity contribution in [1.29, 1.82) is 0 Å². The van der Waals surface area contributed by atoms with Gasteiger partial charge in [-0.25, -0.2) is 0 Å². The Morgan fingerprint density at radius 3 is 2.56 bits per heavy atom. The number of aliphatic carboxylic acids is 1. The summed E-state index contributed by atoms with van der Waals surface area (Å²) in [5.41, 5.74) is 0.187. The average molecular weight is 357 g/mol. The number of carbonyl (C=O) groups excluding carboxylic acids is 1. The van der Waals surface area contributed by atoms with Crippen LogP contribution in [0.1, 0.15) is 42.5 Å². The average Bonchev–Trinajstić information content (AvgIpc) is 2.80. The molecule has 0 heterocycles. The van der Waals surface area contributed by atoms with Gasteiger partial charge in [0.15, 0.2) is 11.5 Å². The van der Waals surface area contributed by atoms with Gasteiger partial charge in [0.25, 0.3) is 5.91 Å². The minimum absolute atomic E-state index is 0.00333. The van der Waals surface area contributed by atoms with Crippen molar-refractivity contribution in [2.24, 2.45) is 5.92 Å². The highest BCUT2D eigenvalue weighted by molar-refractivity contribution is 5.95. The van der Waals surface area contributed by atoms with Crippen LogP contribution in [0.25, 0.3) is 0 Å². The van der Waals surface area contributed by atoms with Gasteiger partial charge >= 0.3 is 12.6 Å². The predicted octanol–water partition coefficient (Wildman–Crippen LogP) is 3.06. The molecule has 1 amide bonds. The molecule has 0 aliphatic heterocycles. The van der Waals surface area contributed by atoms with Gasteiger partial charge in [-0.15, -0.1) is 0 Å². The van der Waals surface area contributed by atoms with E-state index in [4.69, 9.17) is 4.74 Å². The number of halogens is 2. The van der Waals surface area contributed by atoms with Crippen molar-refractivity contribution in [2.45, 2.75) is 44.8 Å². The number of benzene rings is 1. The van der Waals surface area contributed by atoms with Crippen molar-refractivity contribution < 1.29 is 33.0 Å². The number of ether oxygens (including phenoxy) is 2. The van der Waals surface area contributed by atoms with E-state index in [2.05, 4.69) is 10.1 Å². The lowest BCUT2D eigenvalue weighted by Crippen LogP contribution is -2.42. The van der Waals surface area contributed by atoms with Crippen molar-refractivity contribution >= 4 is 11.9 Å². The fraction of sp³-hybridized carbons (Fsp3) is 0.529. The molecule has 6 nitrogen and oxygen atoms in total. The van der Waals surface area contributed by atoms with Crippen LogP contribution in [0.5, 0.6) is 11.5 Å². The second-order valence-corrected chi connectivity index (χ2v) is 5.91. The molecule has 2 atom stereocenters. The fourth-order valence-electron chi connectivity index (χ4n) is 3.03. The molecule has 8 heteroatoms. The number of methoxy groups -OCH3 is 1. The van der Waals surface area contributed by atoms with E-state index >= 15 is 0 Å². The molecule has 1 aliphatic rings. The molecule has 0 unspecified atom stereocenters. The van der Waals surface area contributed by atoms with E-state index in [0.29, 0.717) is 12.8 Å². The number of hydrogen-bond donors (Lipinski definition) is 2. The van der Waals surface area contributed by atoms with Crippen LogP contribution in [0, 0.1) is 5.92 Å². The van der Waals surface area contributed by atoms with E-state index in [9.17, 15) is 23.5 Å². The normalized spacial score (nSPS) is 20.6.